The van der Waals surface area contributed by atoms with Gasteiger partial charge in [-0.2, -0.15) is 0 Å². The van der Waals surface area contributed by atoms with Gasteiger partial charge in [-0.1, -0.05) is 12.1 Å². The van der Waals surface area contributed by atoms with E-state index in [0.717, 1.165) is 0 Å². The van der Waals surface area contributed by atoms with Gasteiger partial charge in [-0.05, 0) is 13.0 Å². The summed E-state index contributed by atoms with van der Waals surface area (Å²) in [6.45, 7) is 1.57. The van der Waals surface area contributed by atoms with Crippen molar-refractivity contribution < 1.29 is 43.6 Å². The Bertz CT molecular complexity index is 1040. The number of aliphatic hydroxyl groups excluding tert-OH is 1. The van der Waals surface area contributed by atoms with Crippen molar-refractivity contribution >= 4 is 23.3 Å². The molecule has 2 N–H and O–H groups in total. The minimum atomic E-state index is -2.26. The molecule has 2 fully saturated rings. The van der Waals surface area contributed by atoms with Gasteiger partial charge in [0.05, 0.1) is 29.2 Å². The quantitative estimate of drug-likeness (QED) is 0.586. The zero-order chi connectivity index (χ0) is 20.7. The van der Waals surface area contributed by atoms with E-state index in [1.165, 1.54) is 18.2 Å². The van der Waals surface area contributed by atoms with Gasteiger partial charge in [0.1, 0.15) is 11.9 Å². The number of ether oxygens (including phenoxy) is 3. The van der Waals surface area contributed by atoms with E-state index in [1.807, 2.05) is 0 Å². The van der Waals surface area contributed by atoms with Crippen molar-refractivity contribution in [2.24, 2.45) is 0 Å². The first-order chi connectivity index (χ1) is 13.7. The van der Waals surface area contributed by atoms with Gasteiger partial charge in [-0.15, -0.1) is 0 Å². The molecule has 9 heteroatoms. The number of fused-ring (bicyclic) bond motifs is 4. The molecule has 0 bridgehead atoms. The number of carbonyl (C=O) groups is 4. The van der Waals surface area contributed by atoms with E-state index in [9.17, 15) is 29.4 Å². The van der Waals surface area contributed by atoms with E-state index in [-0.39, 0.29) is 29.5 Å². The number of hydrogen-bond donors (Lipinski definition) is 2. The SMILES string of the molecule is C[C@H]1CC(=O)[C@H](O)[C@]2(O1)O[C@@H]1CC(=O)O[C@@H]1C1=C2C(=O)c2c(O)cccc2C1=O. The first-order valence-corrected chi connectivity index (χ1v) is 9.16. The fourth-order valence-electron chi connectivity index (χ4n) is 4.56. The molecule has 9 nitrogen and oxygen atoms in total. The Morgan fingerprint density at radius 2 is 1.83 bits per heavy atom. The Morgan fingerprint density at radius 3 is 2.59 bits per heavy atom. The molecular formula is C20H16O9. The maximum Gasteiger partial charge on any atom is 0.309 e. The monoisotopic (exact) mass is 400 g/mol. The van der Waals surface area contributed by atoms with Crippen molar-refractivity contribution in [2.75, 3.05) is 0 Å². The average Bonchev–Trinajstić information content (AvgIpc) is 3.02. The van der Waals surface area contributed by atoms with Crippen LogP contribution in [0.2, 0.25) is 0 Å². The van der Waals surface area contributed by atoms with Gasteiger partial charge in [0, 0.05) is 12.0 Å². The lowest BCUT2D eigenvalue weighted by Gasteiger charge is -2.49. The molecule has 5 rings (SSSR count). The summed E-state index contributed by atoms with van der Waals surface area (Å²) < 4.78 is 16.9. The number of phenolic OH excluding ortho intramolecular Hbond substituents is 1. The van der Waals surface area contributed by atoms with Crippen molar-refractivity contribution in [1.82, 2.24) is 0 Å². The van der Waals surface area contributed by atoms with E-state index in [0.29, 0.717) is 0 Å². The molecule has 0 radical (unpaired) electrons. The summed E-state index contributed by atoms with van der Waals surface area (Å²) in [5, 5.41) is 21.0. The number of benzene rings is 1. The molecular weight excluding hydrogens is 384 g/mol. The second-order valence-corrected chi connectivity index (χ2v) is 7.59. The fraction of sp³-hybridized carbons (Fsp3) is 0.400. The highest BCUT2D eigenvalue weighted by Crippen LogP contribution is 2.50. The number of Topliss-reactive ketones (excluding diaryl/α,β-unsaturated/α-hetero) is 3. The third-order valence-electron chi connectivity index (χ3n) is 5.71. The zero-order valence-electron chi connectivity index (χ0n) is 15.2. The standard InChI is InChI=1S/C20H16O9/c1-7-5-10(22)19(26)20(28-7)15-14(18-11(29-20)6-12(23)27-18)16(24)8-3-2-4-9(21)13(8)17(15)25/h2-4,7,11,18-19,21,26H,5-6H2,1H3/t7-,11+,18-,19-,20+/m0/s1. The number of hydrogen-bond acceptors (Lipinski definition) is 9. The summed E-state index contributed by atoms with van der Waals surface area (Å²) in [6.07, 6.45) is -5.12. The molecule has 1 spiro atoms. The van der Waals surface area contributed by atoms with Crippen LogP contribution in [-0.4, -0.2) is 63.7 Å². The van der Waals surface area contributed by atoms with Gasteiger partial charge in [-0.3, -0.25) is 19.2 Å². The minimum Gasteiger partial charge on any atom is -0.507 e. The van der Waals surface area contributed by atoms with Crippen LogP contribution in [0.4, 0.5) is 0 Å². The van der Waals surface area contributed by atoms with Gasteiger partial charge in [-0.25, -0.2) is 0 Å². The molecule has 150 valence electrons. The first kappa shape index (κ1) is 18.2. The summed E-state index contributed by atoms with van der Waals surface area (Å²) in [5.41, 5.74) is -0.920. The molecule has 3 aliphatic heterocycles. The Balaban J connectivity index is 1.81. The molecule has 4 aliphatic rings. The molecule has 5 atom stereocenters. The second kappa shape index (κ2) is 5.82. The van der Waals surface area contributed by atoms with Crippen LogP contribution in [-0.2, 0) is 23.8 Å². The van der Waals surface area contributed by atoms with Crippen LogP contribution in [0.3, 0.4) is 0 Å². The Labute approximate surface area is 163 Å². The van der Waals surface area contributed by atoms with Crippen LogP contribution in [0.25, 0.3) is 0 Å². The van der Waals surface area contributed by atoms with E-state index < -0.39 is 64.8 Å². The van der Waals surface area contributed by atoms with Crippen molar-refractivity contribution in [3.8, 4) is 5.75 Å². The highest BCUT2D eigenvalue weighted by atomic mass is 16.7. The van der Waals surface area contributed by atoms with Crippen LogP contribution in [0.15, 0.2) is 29.3 Å². The summed E-state index contributed by atoms with van der Waals surface area (Å²) >= 11 is 0. The number of aromatic hydroxyl groups is 1. The highest BCUT2D eigenvalue weighted by Gasteiger charge is 2.64. The smallest absolute Gasteiger partial charge is 0.309 e. The number of ketones is 3. The van der Waals surface area contributed by atoms with Gasteiger partial charge in [0.25, 0.3) is 0 Å². The molecule has 1 aromatic carbocycles. The van der Waals surface area contributed by atoms with Crippen molar-refractivity contribution in [1.29, 1.82) is 0 Å². The summed E-state index contributed by atoms with van der Waals surface area (Å²) in [4.78, 5) is 51.1. The van der Waals surface area contributed by atoms with E-state index >= 15 is 0 Å². The number of esters is 1. The predicted octanol–water partition coefficient (Wildman–Crippen LogP) is 0.217. The average molecular weight is 400 g/mol. The Morgan fingerprint density at radius 1 is 1.07 bits per heavy atom. The molecule has 0 aromatic heterocycles. The molecule has 29 heavy (non-hydrogen) atoms. The lowest BCUT2D eigenvalue weighted by molar-refractivity contribution is -0.305. The lowest BCUT2D eigenvalue weighted by Crippen LogP contribution is -2.65. The summed E-state index contributed by atoms with van der Waals surface area (Å²) in [6, 6.07) is 4.03. The second-order valence-electron chi connectivity index (χ2n) is 7.59. The van der Waals surface area contributed by atoms with Crippen molar-refractivity contribution in [3.05, 3.63) is 40.5 Å². The van der Waals surface area contributed by atoms with E-state index in [2.05, 4.69) is 0 Å². The van der Waals surface area contributed by atoms with Crippen LogP contribution in [0, 0.1) is 0 Å². The molecule has 3 heterocycles. The van der Waals surface area contributed by atoms with Crippen LogP contribution >= 0.6 is 0 Å². The van der Waals surface area contributed by atoms with Crippen molar-refractivity contribution in [3.63, 3.8) is 0 Å². The molecule has 0 unspecified atom stereocenters. The number of phenols is 1. The van der Waals surface area contributed by atoms with Crippen LogP contribution in [0.1, 0.15) is 40.5 Å². The molecule has 2 saturated heterocycles. The maximum absolute atomic E-state index is 13.4. The topological polar surface area (TPSA) is 136 Å². The Hall–Kier alpha value is -2.88. The fourth-order valence-corrected chi connectivity index (χ4v) is 4.56. The molecule has 1 aromatic rings. The van der Waals surface area contributed by atoms with E-state index in [4.69, 9.17) is 14.2 Å². The largest absolute Gasteiger partial charge is 0.507 e. The van der Waals surface area contributed by atoms with Crippen LogP contribution in [0.5, 0.6) is 5.75 Å². The third-order valence-corrected chi connectivity index (χ3v) is 5.71. The molecule has 0 amide bonds. The maximum atomic E-state index is 13.4. The van der Waals surface area contributed by atoms with Gasteiger partial charge in [0.15, 0.2) is 29.6 Å². The van der Waals surface area contributed by atoms with Gasteiger partial charge >= 0.3 is 5.97 Å². The summed E-state index contributed by atoms with van der Waals surface area (Å²) in [7, 11) is 0. The summed E-state index contributed by atoms with van der Waals surface area (Å²) in [5.74, 6) is -5.43. The number of carbonyl (C=O) groups excluding carboxylic acids is 4. The van der Waals surface area contributed by atoms with Crippen molar-refractivity contribution in [2.45, 2.75) is 50.0 Å². The highest BCUT2D eigenvalue weighted by molar-refractivity contribution is 6.29. The number of aliphatic hydroxyl groups is 1. The Kier molecular flexibility index (Phi) is 3.64. The molecule has 1 aliphatic carbocycles. The first-order valence-electron chi connectivity index (χ1n) is 9.16. The number of rotatable bonds is 0. The third kappa shape index (κ3) is 2.26. The normalized spacial score (nSPS) is 36.1. The minimum absolute atomic E-state index is 0.0582. The van der Waals surface area contributed by atoms with E-state index in [1.54, 1.807) is 6.92 Å². The molecule has 0 saturated carbocycles. The zero-order valence-corrected chi connectivity index (χ0v) is 15.2. The predicted molar refractivity (Wildman–Crippen MR) is 92.1 cm³/mol. The van der Waals surface area contributed by atoms with Gasteiger partial charge in [0.2, 0.25) is 5.79 Å². The lowest BCUT2D eigenvalue weighted by atomic mass is 9.73. The van der Waals surface area contributed by atoms with Gasteiger partial charge < -0.3 is 24.4 Å². The van der Waals surface area contributed by atoms with Crippen LogP contribution < -0.4 is 0 Å².